The summed E-state index contributed by atoms with van der Waals surface area (Å²) in [5.41, 5.74) is 4.82. The largest absolute Gasteiger partial charge is 0.392 e. The van der Waals surface area contributed by atoms with Gasteiger partial charge in [-0.25, -0.2) is 0 Å². The predicted octanol–water partition coefficient (Wildman–Crippen LogP) is 4.54. The molecule has 0 aromatic carbocycles. The van der Waals surface area contributed by atoms with Crippen molar-refractivity contribution < 1.29 is 5.11 Å². The van der Waals surface area contributed by atoms with Crippen LogP contribution in [-0.4, -0.2) is 11.2 Å². The first kappa shape index (κ1) is 15.1. The zero-order valence-corrected chi connectivity index (χ0v) is 13.1. The van der Waals surface area contributed by atoms with Gasteiger partial charge >= 0.3 is 0 Å². The molecule has 1 nitrogen and oxygen atoms in total. The van der Waals surface area contributed by atoms with Crippen molar-refractivity contribution >= 4 is 11.3 Å². The Balaban J connectivity index is 2.14. The van der Waals surface area contributed by atoms with E-state index in [2.05, 4.69) is 30.7 Å². The zero-order chi connectivity index (χ0) is 14.5. The third kappa shape index (κ3) is 3.42. The molecule has 1 heterocycles. The van der Waals surface area contributed by atoms with Crippen LogP contribution in [0.1, 0.15) is 45.1 Å². The molecule has 0 saturated heterocycles. The normalized spacial score (nSPS) is 21.8. The highest BCUT2D eigenvalue weighted by molar-refractivity contribution is 7.08. The van der Waals surface area contributed by atoms with Gasteiger partial charge < -0.3 is 5.11 Å². The number of thiophene rings is 1. The van der Waals surface area contributed by atoms with Crippen LogP contribution in [0, 0.1) is 17.8 Å². The Labute approximate surface area is 126 Å². The SMILES string of the molecule is C=C(C)C1=C(CCC)C[C@@H](O)[C@H]1CC#Cc1ccsc1. The van der Waals surface area contributed by atoms with Gasteiger partial charge in [0.1, 0.15) is 0 Å². The van der Waals surface area contributed by atoms with Crippen molar-refractivity contribution in [3.63, 3.8) is 0 Å². The van der Waals surface area contributed by atoms with Crippen molar-refractivity contribution in [2.45, 2.75) is 45.6 Å². The molecule has 2 heteroatoms. The summed E-state index contributed by atoms with van der Waals surface area (Å²) in [4.78, 5) is 0. The van der Waals surface area contributed by atoms with Crippen molar-refractivity contribution in [1.82, 2.24) is 0 Å². The fourth-order valence-corrected chi connectivity index (χ4v) is 3.54. The molecule has 0 fully saturated rings. The summed E-state index contributed by atoms with van der Waals surface area (Å²) in [6.07, 6.45) is 3.40. The fourth-order valence-electron chi connectivity index (χ4n) is 2.95. The molecule has 2 atom stereocenters. The molecule has 2 rings (SSSR count). The van der Waals surface area contributed by atoms with E-state index in [4.69, 9.17) is 0 Å². The minimum absolute atomic E-state index is 0.139. The van der Waals surface area contributed by atoms with Gasteiger partial charge in [0, 0.05) is 23.3 Å². The number of hydrogen-bond donors (Lipinski definition) is 1. The first-order valence-corrected chi connectivity index (χ1v) is 8.14. The van der Waals surface area contributed by atoms with E-state index in [1.54, 1.807) is 11.3 Å². The van der Waals surface area contributed by atoms with Gasteiger partial charge in [0.25, 0.3) is 0 Å². The summed E-state index contributed by atoms with van der Waals surface area (Å²) in [7, 11) is 0. The van der Waals surface area contributed by atoms with Gasteiger partial charge in [-0.1, -0.05) is 42.9 Å². The number of allylic oxidation sites excluding steroid dienone is 1. The Hall–Kier alpha value is -1.30. The molecule has 0 saturated carbocycles. The summed E-state index contributed by atoms with van der Waals surface area (Å²) < 4.78 is 0. The van der Waals surface area contributed by atoms with E-state index in [0.717, 1.165) is 30.4 Å². The molecule has 1 aliphatic rings. The highest BCUT2D eigenvalue weighted by Crippen LogP contribution is 2.39. The summed E-state index contributed by atoms with van der Waals surface area (Å²) in [6, 6.07) is 2.03. The van der Waals surface area contributed by atoms with Gasteiger partial charge in [0.05, 0.1) is 6.10 Å². The second kappa shape index (κ2) is 6.92. The van der Waals surface area contributed by atoms with Crippen LogP contribution in [0.4, 0.5) is 0 Å². The van der Waals surface area contributed by atoms with Crippen LogP contribution in [0.25, 0.3) is 0 Å². The zero-order valence-electron chi connectivity index (χ0n) is 12.3. The van der Waals surface area contributed by atoms with E-state index in [1.807, 2.05) is 18.4 Å². The number of hydrogen-bond acceptors (Lipinski definition) is 2. The molecule has 0 radical (unpaired) electrons. The van der Waals surface area contributed by atoms with Gasteiger partial charge in [0.15, 0.2) is 0 Å². The molecule has 1 aromatic rings. The van der Waals surface area contributed by atoms with E-state index in [9.17, 15) is 5.11 Å². The molecular formula is C18H22OS. The van der Waals surface area contributed by atoms with Gasteiger partial charge in [-0.05, 0) is 36.8 Å². The van der Waals surface area contributed by atoms with E-state index in [-0.39, 0.29) is 12.0 Å². The van der Waals surface area contributed by atoms with E-state index >= 15 is 0 Å². The van der Waals surface area contributed by atoms with Gasteiger partial charge in [-0.15, -0.1) is 0 Å². The van der Waals surface area contributed by atoms with Crippen molar-refractivity contribution in [2.75, 3.05) is 0 Å². The maximum Gasteiger partial charge on any atom is 0.0655 e. The van der Waals surface area contributed by atoms with Crippen molar-refractivity contribution in [2.24, 2.45) is 5.92 Å². The van der Waals surface area contributed by atoms with Crippen molar-refractivity contribution in [3.05, 3.63) is 45.7 Å². The van der Waals surface area contributed by atoms with Crippen LogP contribution >= 0.6 is 11.3 Å². The lowest BCUT2D eigenvalue weighted by Gasteiger charge is -2.16. The van der Waals surface area contributed by atoms with Crippen LogP contribution in [0.5, 0.6) is 0 Å². The second-order valence-electron chi connectivity index (χ2n) is 5.44. The van der Waals surface area contributed by atoms with Crippen molar-refractivity contribution in [3.8, 4) is 11.8 Å². The molecule has 1 aromatic heterocycles. The summed E-state index contributed by atoms with van der Waals surface area (Å²) in [5.74, 6) is 6.54. The lowest BCUT2D eigenvalue weighted by molar-refractivity contribution is 0.141. The highest BCUT2D eigenvalue weighted by atomic mass is 32.1. The molecule has 20 heavy (non-hydrogen) atoms. The Kier molecular flexibility index (Phi) is 5.23. The van der Waals surface area contributed by atoms with Crippen LogP contribution in [0.15, 0.2) is 40.1 Å². The Bertz CT molecular complexity index is 554. The Morgan fingerprint density at radius 3 is 2.95 bits per heavy atom. The Morgan fingerprint density at radius 1 is 1.55 bits per heavy atom. The standard InChI is InChI=1S/C18H22OS/c1-4-6-15-11-17(19)16(18(15)13(2)3)8-5-7-14-9-10-20-12-14/h9-10,12,16-17,19H,2,4,6,8,11H2,1,3H3/t16-,17-/m1/s1. The predicted molar refractivity (Wildman–Crippen MR) is 86.7 cm³/mol. The molecular weight excluding hydrogens is 264 g/mol. The average molecular weight is 286 g/mol. The molecule has 0 aliphatic heterocycles. The topological polar surface area (TPSA) is 20.2 Å². The highest BCUT2D eigenvalue weighted by Gasteiger charge is 2.32. The van der Waals surface area contributed by atoms with Crippen LogP contribution in [-0.2, 0) is 0 Å². The van der Waals surface area contributed by atoms with Crippen LogP contribution in [0.3, 0.4) is 0 Å². The second-order valence-corrected chi connectivity index (χ2v) is 6.22. The molecule has 0 bridgehead atoms. The fraction of sp³-hybridized carbons (Fsp3) is 0.444. The minimum atomic E-state index is -0.292. The number of rotatable bonds is 4. The summed E-state index contributed by atoms with van der Waals surface area (Å²) in [6.45, 7) is 8.32. The minimum Gasteiger partial charge on any atom is -0.392 e. The average Bonchev–Trinajstić information content (AvgIpc) is 2.99. The first-order valence-electron chi connectivity index (χ1n) is 7.20. The molecule has 1 N–H and O–H groups in total. The molecule has 1 aliphatic carbocycles. The van der Waals surface area contributed by atoms with E-state index in [0.29, 0.717) is 6.42 Å². The quantitative estimate of drug-likeness (QED) is 0.805. The number of aliphatic hydroxyl groups excluding tert-OH is 1. The molecule has 0 unspecified atom stereocenters. The molecule has 106 valence electrons. The molecule has 0 spiro atoms. The molecule has 0 amide bonds. The third-order valence-corrected chi connectivity index (χ3v) is 4.44. The van der Waals surface area contributed by atoms with Crippen LogP contribution in [0.2, 0.25) is 0 Å². The van der Waals surface area contributed by atoms with Crippen molar-refractivity contribution in [1.29, 1.82) is 0 Å². The van der Waals surface area contributed by atoms with E-state index in [1.165, 1.54) is 11.1 Å². The van der Waals surface area contributed by atoms with Gasteiger partial charge in [-0.2, -0.15) is 11.3 Å². The van der Waals surface area contributed by atoms with E-state index < -0.39 is 0 Å². The van der Waals surface area contributed by atoms with Crippen LogP contribution < -0.4 is 0 Å². The first-order chi connectivity index (χ1) is 9.63. The lowest BCUT2D eigenvalue weighted by Crippen LogP contribution is -2.16. The maximum absolute atomic E-state index is 10.3. The summed E-state index contributed by atoms with van der Waals surface area (Å²) in [5, 5.41) is 14.4. The number of aliphatic hydroxyl groups is 1. The maximum atomic E-state index is 10.3. The Morgan fingerprint density at radius 2 is 2.35 bits per heavy atom. The lowest BCUT2D eigenvalue weighted by atomic mass is 9.90. The monoisotopic (exact) mass is 286 g/mol. The smallest absolute Gasteiger partial charge is 0.0655 e. The third-order valence-electron chi connectivity index (χ3n) is 3.76. The van der Waals surface area contributed by atoms with Gasteiger partial charge in [0.2, 0.25) is 0 Å². The summed E-state index contributed by atoms with van der Waals surface area (Å²) >= 11 is 1.66. The van der Waals surface area contributed by atoms with Gasteiger partial charge in [-0.3, -0.25) is 0 Å².